The summed E-state index contributed by atoms with van der Waals surface area (Å²) in [6.45, 7) is 5.36. The molecular formula is C11H22N2O2. The first-order chi connectivity index (χ1) is 7.10. The Bertz CT molecular complexity index is 205. The summed E-state index contributed by atoms with van der Waals surface area (Å²) in [5, 5.41) is 2.78. The maximum atomic E-state index is 11.3. The van der Waals surface area contributed by atoms with Gasteiger partial charge in [0.2, 0.25) is 5.91 Å². The van der Waals surface area contributed by atoms with Gasteiger partial charge in [0.25, 0.3) is 0 Å². The van der Waals surface area contributed by atoms with E-state index >= 15 is 0 Å². The van der Waals surface area contributed by atoms with E-state index in [-0.39, 0.29) is 11.7 Å². The third-order valence-electron chi connectivity index (χ3n) is 1.96. The van der Waals surface area contributed by atoms with Gasteiger partial charge in [0.05, 0.1) is 13.1 Å². The van der Waals surface area contributed by atoms with E-state index in [0.717, 1.165) is 12.8 Å². The lowest BCUT2D eigenvalue weighted by molar-refractivity contribution is -0.123. The Morgan fingerprint density at radius 1 is 1.13 bits per heavy atom. The summed E-state index contributed by atoms with van der Waals surface area (Å²) in [5.74, 6) is 0.187. The first-order valence-corrected chi connectivity index (χ1v) is 5.57. The number of ketones is 1. The van der Waals surface area contributed by atoms with Crippen molar-refractivity contribution >= 4 is 11.7 Å². The highest BCUT2D eigenvalue weighted by atomic mass is 16.2. The maximum Gasteiger partial charge on any atom is 0.234 e. The highest BCUT2D eigenvalue weighted by molar-refractivity contribution is 5.82. The Morgan fingerprint density at radius 3 is 2.33 bits per heavy atom. The molecule has 15 heavy (non-hydrogen) atoms. The molecule has 0 aromatic heterocycles. The Kier molecular flexibility index (Phi) is 7.91. The molecule has 0 aliphatic rings. The van der Waals surface area contributed by atoms with Crippen molar-refractivity contribution in [2.24, 2.45) is 0 Å². The summed E-state index contributed by atoms with van der Waals surface area (Å²) in [7, 11) is 1.79. The predicted octanol–water partition coefficient (Wildman–Crippen LogP) is 0.814. The standard InChI is InChI=1S/C11H22N2O2/c1-4-6-10(14)8-13(3)9-11(15)12-7-5-2/h4-9H2,1-3H3,(H,12,15). The average Bonchev–Trinajstić information content (AvgIpc) is 2.14. The van der Waals surface area contributed by atoms with Crippen molar-refractivity contribution in [2.45, 2.75) is 33.1 Å². The van der Waals surface area contributed by atoms with Gasteiger partial charge in [-0.15, -0.1) is 0 Å². The number of carbonyl (C=O) groups is 2. The molecule has 0 rings (SSSR count). The number of hydrogen-bond donors (Lipinski definition) is 1. The first-order valence-electron chi connectivity index (χ1n) is 5.57. The largest absolute Gasteiger partial charge is 0.355 e. The summed E-state index contributed by atoms with van der Waals surface area (Å²) in [6, 6.07) is 0. The van der Waals surface area contributed by atoms with Crippen molar-refractivity contribution in [2.75, 3.05) is 26.7 Å². The third-order valence-corrected chi connectivity index (χ3v) is 1.96. The number of carbonyl (C=O) groups excluding carboxylic acids is 2. The molecule has 0 aliphatic heterocycles. The Balaban J connectivity index is 3.67. The summed E-state index contributed by atoms with van der Waals surface area (Å²) in [4.78, 5) is 24.3. The van der Waals surface area contributed by atoms with Crippen molar-refractivity contribution in [1.29, 1.82) is 0 Å². The van der Waals surface area contributed by atoms with Crippen LogP contribution >= 0.6 is 0 Å². The second-order valence-electron chi connectivity index (χ2n) is 3.81. The normalized spacial score (nSPS) is 10.4. The fourth-order valence-electron chi connectivity index (χ4n) is 1.28. The zero-order valence-electron chi connectivity index (χ0n) is 10.0. The van der Waals surface area contributed by atoms with Crippen LogP contribution in [0.2, 0.25) is 0 Å². The molecule has 0 unspecified atom stereocenters. The molecule has 88 valence electrons. The molecule has 0 aliphatic carbocycles. The van der Waals surface area contributed by atoms with Crippen LogP contribution in [0.1, 0.15) is 33.1 Å². The molecule has 1 amide bonds. The van der Waals surface area contributed by atoms with Crippen LogP contribution in [-0.2, 0) is 9.59 Å². The molecule has 4 nitrogen and oxygen atoms in total. The van der Waals surface area contributed by atoms with E-state index in [2.05, 4.69) is 5.32 Å². The molecule has 1 N–H and O–H groups in total. The van der Waals surface area contributed by atoms with Crippen LogP contribution in [0.25, 0.3) is 0 Å². The van der Waals surface area contributed by atoms with Crippen molar-refractivity contribution < 1.29 is 9.59 Å². The van der Waals surface area contributed by atoms with Crippen LogP contribution in [0.5, 0.6) is 0 Å². The van der Waals surface area contributed by atoms with E-state index < -0.39 is 0 Å². The lowest BCUT2D eigenvalue weighted by atomic mass is 10.2. The SMILES string of the molecule is CCCNC(=O)CN(C)CC(=O)CCC. The summed E-state index contributed by atoms with van der Waals surface area (Å²) in [5.41, 5.74) is 0. The van der Waals surface area contributed by atoms with Gasteiger partial charge >= 0.3 is 0 Å². The lowest BCUT2D eigenvalue weighted by Gasteiger charge is -2.14. The van der Waals surface area contributed by atoms with Gasteiger partial charge in [-0.25, -0.2) is 0 Å². The zero-order chi connectivity index (χ0) is 11.7. The number of Topliss-reactive ketones (excluding diaryl/α,β-unsaturated/α-hetero) is 1. The van der Waals surface area contributed by atoms with Gasteiger partial charge in [0, 0.05) is 13.0 Å². The van der Waals surface area contributed by atoms with Crippen molar-refractivity contribution in [1.82, 2.24) is 10.2 Å². The van der Waals surface area contributed by atoms with Gasteiger partial charge in [0.15, 0.2) is 0 Å². The fraction of sp³-hybridized carbons (Fsp3) is 0.818. The van der Waals surface area contributed by atoms with E-state index in [1.807, 2.05) is 13.8 Å². The number of likely N-dealkylation sites (N-methyl/N-ethyl adjacent to an activating group) is 1. The van der Waals surface area contributed by atoms with Crippen LogP contribution in [0, 0.1) is 0 Å². The van der Waals surface area contributed by atoms with Gasteiger partial charge in [-0.1, -0.05) is 13.8 Å². The number of amides is 1. The van der Waals surface area contributed by atoms with Crippen LogP contribution in [0.3, 0.4) is 0 Å². The minimum Gasteiger partial charge on any atom is -0.355 e. The van der Waals surface area contributed by atoms with Gasteiger partial charge in [-0.2, -0.15) is 0 Å². The van der Waals surface area contributed by atoms with Crippen molar-refractivity contribution in [3.8, 4) is 0 Å². The number of nitrogens with one attached hydrogen (secondary N) is 1. The summed E-state index contributed by atoms with van der Waals surface area (Å²) >= 11 is 0. The van der Waals surface area contributed by atoms with Gasteiger partial charge in [-0.05, 0) is 19.9 Å². The smallest absolute Gasteiger partial charge is 0.234 e. The fourth-order valence-corrected chi connectivity index (χ4v) is 1.28. The molecular weight excluding hydrogens is 192 g/mol. The highest BCUT2D eigenvalue weighted by Crippen LogP contribution is 1.92. The highest BCUT2D eigenvalue weighted by Gasteiger charge is 2.09. The number of nitrogens with zero attached hydrogens (tertiary/aromatic N) is 1. The predicted molar refractivity (Wildman–Crippen MR) is 60.7 cm³/mol. The van der Waals surface area contributed by atoms with Crippen LogP contribution < -0.4 is 5.32 Å². The number of hydrogen-bond acceptors (Lipinski definition) is 3. The first kappa shape index (κ1) is 14.1. The summed E-state index contributed by atoms with van der Waals surface area (Å²) < 4.78 is 0. The second kappa shape index (κ2) is 8.41. The molecule has 0 bridgehead atoms. The minimum absolute atomic E-state index is 0.0105. The van der Waals surface area contributed by atoms with E-state index in [1.54, 1.807) is 11.9 Å². The molecule has 0 heterocycles. The zero-order valence-corrected chi connectivity index (χ0v) is 10.0. The van der Waals surface area contributed by atoms with E-state index in [4.69, 9.17) is 0 Å². The molecule has 0 saturated carbocycles. The molecule has 0 aromatic carbocycles. The lowest BCUT2D eigenvalue weighted by Crippen LogP contribution is -2.37. The minimum atomic E-state index is -0.0105. The topological polar surface area (TPSA) is 49.4 Å². The van der Waals surface area contributed by atoms with Gasteiger partial charge < -0.3 is 5.32 Å². The van der Waals surface area contributed by atoms with Crippen LogP contribution in [0.15, 0.2) is 0 Å². The average molecular weight is 214 g/mol. The van der Waals surface area contributed by atoms with Gasteiger partial charge in [-0.3, -0.25) is 14.5 Å². The van der Waals surface area contributed by atoms with E-state index in [0.29, 0.717) is 26.1 Å². The van der Waals surface area contributed by atoms with Crippen molar-refractivity contribution in [3.05, 3.63) is 0 Å². The molecule has 0 saturated heterocycles. The third kappa shape index (κ3) is 8.12. The second-order valence-corrected chi connectivity index (χ2v) is 3.81. The van der Waals surface area contributed by atoms with E-state index in [1.165, 1.54) is 0 Å². The van der Waals surface area contributed by atoms with Crippen LogP contribution in [0.4, 0.5) is 0 Å². The maximum absolute atomic E-state index is 11.3. The van der Waals surface area contributed by atoms with E-state index in [9.17, 15) is 9.59 Å². The summed E-state index contributed by atoms with van der Waals surface area (Å²) in [6.07, 6.45) is 2.40. The molecule has 0 spiro atoms. The molecule has 4 heteroatoms. The van der Waals surface area contributed by atoms with Gasteiger partial charge in [0.1, 0.15) is 5.78 Å². The number of rotatable bonds is 8. The molecule has 0 fully saturated rings. The Hall–Kier alpha value is -0.900. The van der Waals surface area contributed by atoms with Crippen molar-refractivity contribution in [3.63, 3.8) is 0 Å². The molecule has 0 radical (unpaired) electrons. The molecule has 0 atom stereocenters. The Labute approximate surface area is 92.0 Å². The Morgan fingerprint density at radius 2 is 1.80 bits per heavy atom. The van der Waals surface area contributed by atoms with Crippen LogP contribution in [-0.4, -0.2) is 43.3 Å². The quantitative estimate of drug-likeness (QED) is 0.650. The monoisotopic (exact) mass is 214 g/mol. The molecule has 0 aromatic rings.